The van der Waals surface area contributed by atoms with Crippen molar-refractivity contribution >= 4 is 34.0 Å². The van der Waals surface area contributed by atoms with Gasteiger partial charge >= 0.3 is 5.95 Å². The average molecular weight is 459 g/mol. The second-order valence-electron chi connectivity index (χ2n) is 5.75. The number of halogens is 1. The zero-order valence-electron chi connectivity index (χ0n) is 14.9. The third kappa shape index (κ3) is 5.94. The van der Waals surface area contributed by atoms with E-state index in [1.54, 1.807) is 12.1 Å². The highest BCUT2D eigenvalue weighted by atomic mass is 79.9. The predicted octanol–water partition coefficient (Wildman–Crippen LogP) is 2.68. The highest BCUT2D eigenvalue weighted by Gasteiger charge is 2.14. The first-order valence-corrected chi connectivity index (χ1v) is 9.12. The molecule has 3 aromatic rings. The Labute approximate surface area is 173 Å². The van der Waals surface area contributed by atoms with Gasteiger partial charge in [-0.15, -0.1) is 0 Å². The molecule has 0 spiro atoms. The lowest BCUT2D eigenvalue weighted by Crippen LogP contribution is -2.23. The van der Waals surface area contributed by atoms with Gasteiger partial charge in [-0.05, 0) is 34.8 Å². The van der Waals surface area contributed by atoms with Gasteiger partial charge in [0.1, 0.15) is 18.9 Å². The van der Waals surface area contributed by atoms with Gasteiger partial charge in [-0.25, -0.2) is 5.43 Å². The molecule has 1 N–H and O–H groups in total. The molecule has 0 fully saturated rings. The molecule has 0 atom stereocenters. The van der Waals surface area contributed by atoms with Crippen LogP contribution in [0.15, 0.2) is 64.4 Å². The van der Waals surface area contributed by atoms with Gasteiger partial charge in [0.25, 0.3) is 5.91 Å². The molecule has 0 radical (unpaired) electrons. The van der Waals surface area contributed by atoms with Crippen LogP contribution in [-0.4, -0.2) is 31.8 Å². The molecule has 0 aliphatic heterocycles. The Balaban J connectivity index is 1.57. The molecule has 0 aliphatic carbocycles. The van der Waals surface area contributed by atoms with Crippen LogP contribution >= 0.6 is 15.9 Å². The van der Waals surface area contributed by atoms with Gasteiger partial charge in [0.15, 0.2) is 0 Å². The van der Waals surface area contributed by atoms with Gasteiger partial charge in [-0.2, -0.15) is 9.78 Å². The maximum Gasteiger partial charge on any atom is 0.490 e. The lowest BCUT2D eigenvalue weighted by atomic mass is 10.2. The van der Waals surface area contributed by atoms with E-state index in [-0.39, 0.29) is 6.54 Å². The summed E-state index contributed by atoms with van der Waals surface area (Å²) in [6, 6.07) is 15.0. The number of nitro groups is 1. The number of hydrazone groups is 1. The largest absolute Gasteiger partial charge is 0.490 e. The standard InChI is InChI=1S/C18H15BrN6O4/c19-15-6-3-4-13(8-15)11-29-16-7-2-1-5-14(16)9-21-22-17(26)10-24-12-20-18(23-24)25(27)28/h1-9,12H,10-11H2,(H,22,26)/b21-9-. The van der Waals surface area contributed by atoms with Crippen molar-refractivity contribution < 1.29 is 14.5 Å². The minimum absolute atomic E-state index is 0.251. The highest BCUT2D eigenvalue weighted by Crippen LogP contribution is 2.19. The molecule has 29 heavy (non-hydrogen) atoms. The van der Waals surface area contributed by atoms with Crippen LogP contribution in [0.4, 0.5) is 5.95 Å². The Morgan fingerprint density at radius 3 is 2.90 bits per heavy atom. The molecule has 0 aliphatic rings. The Bertz CT molecular complexity index is 1050. The third-order valence-corrected chi connectivity index (χ3v) is 4.08. The lowest BCUT2D eigenvalue weighted by Gasteiger charge is -2.09. The quantitative estimate of drug-likeness (QED) is 0.314. The number of amides is 1. The first-order valence-electron chi connectivity index (χ1n) is 8.33. The van der Waals surface area contributed by atoms with E-state index in [4.69, 9.17) is 4.74 Å². The van der Waals surface area contributed by atoms with Crippen LogP contribution in [-0.2, 0) is 17.9 Å². The number of nitrogens with one attached hydrogen (secondary N) is 1. The van der Waals surface area contributed by atoms with E-state index in [0.717, 1.165) is 21.0 Å². The summed E-state index contributed by atoms with van der Waals surface area (Å²) in [5.74, 6) is -0.469. The average Bonchev–Trinajstić information content (AvgIpc) is 3.16. The molecule has 1 amide bonds. The van der Waals surface area contributed by atoms with Gasteiger partial charge in [-0.1, -0.05) is 45.2 Å². The van der Waals surface area contributed by atoms with Crippen LogP contribution in [0.1, 0.15) is 11.1 Å². The van der Waals surface area contributed by atoms with Crippen molar-refractivity contribution in [3.8, 4) is 5.75 Å². The summed E-state index contributed by atoms with van der Waals surface area (Å²) in [5.41, 5.74) is 4.02. The Morgan fingerprint density at radius 2 is 2.14 bits per heavy atom. The maximum atomic E-state index is 11.9. The van der Waals surface area contributed by atoms with Crippen molar-refractivity contribution in [3.05, 3.63) is 80.6 Å². The smallest absolute Gasteiger partial charge is 0.488 e. The SMILES string of the molecule is O=C(Cn1cnc([N+](=O)[O-])n1)N/N=C\c1ccccc1OCc1cccc(Br)c1. The fraction of sp³-hybridized carbons (Fsp3) is 0.111. The summed E-state index contributed by atoms with van der Waals surface area (Å²) >= 11 is 3.42. The molecular formula is C18H15BrN6O4. The third-order valence-electron chi connectivity index (χ3n) is 3.59. The summed E-state index contributed by atoms with van der Waals surface area (Å²) in [7, 11) is 0. The molecule has 0 bridgehead atoms. The summed E-state index contributed by atoms with van der Waals surface area (Å²) in [6.45, 7) is 0.126. The predicted molar refractivity (Wildman–Crippen MR) is 107 cm³/mol. The number of carbonyl (C=O) groups is 1. The molecule has 0 unspecified atom stereocenters. The molecule has 2 aromatic carbocycles. The van der Waals surface area contributed by atoms with E-state index in [0.29, 0.717) is 17.9 Å². The second-order valence-corrected chi connectivity index (χ2v) is 6.66. The zero-order valence-corrected chi connectivity index (χ0v) is 16.5. The molecule has 11 heteroatoms. The first-order chi connectivity index (χ1) is 14.0. The fourth-order valence-electron chi connectivity index (χ4n) is 2.31. The molecule has 148 valence electrons. The Kier molecular flexibility index (Phi) is 6.63. The van der Waals surface area contributed by atoms with E-state index < -0.39 is 16.8 Å². The first kappa shape index (κ1) is 20.1. The van der Waals surface area contributed by atoms with Crippen LogP contribution in [0, 0.1) is 10.1 Å². The van der Waals surface area contributed by atoms with Crippen molar-refractivity contribution in [2.24, 2.45) is 5.10 Å². The zero-order chi connectivity index (χ0) is 20.6. The van der Waals surface area contributed by atoms with Crippen LogP contribution in [0.2, 0.25) is 0 Å². The molecule has 0 saturated heterocycles. The van der Waals surface area contributed by atoms with E-state index >= 15 is 0 Å². The summed E-state index contributed by atoms with van der Waals surface area (Å²) in [6.07, 6.45) is 2.56. The topological polar surface area (TPSA) is 125 Å². The summed E-state index contributed by atoms with van der Waals surface area (Å²) in [4.78, 5) is 25.2. The number of ether oxygens (including phenoxy) is 1. The highest BCUT2D eigenvalue weighted by molar-refractivity contribution is 9.10. The molecule has 10 nitrogen and oxygen atoms in total. The fourth-order valence-corrected chi connectivity index (χ4v) is 2.75. The van der Waals surface area contributed by atoms with Crippen LogP contribution in [0.3, 0.4) is 0 Å². The minimum atomic E-state index is -0.738. The second kappa shape index (κ2) is 9.55. The number of nitrogens with zero attached hydrogens (tertiary/aromatic N) is 5. The van der Waals surface area contributed by atoms with Crippen LogP contribution in [0.5, 0.6) is 5.75 Å². The number of rotatable bonds is 8. The van der Waals surface area contributed by atoms with Crippen molar-refractivity contribution in [2.75, 3.05) is 0 Å². The number of aromatic nitrogens is 3. The molecule has 1 heterocycles. The van der Waals surface area contributed by atoms with Crippen LogP contribution < -0.4 is 10.2 Å². The summed E-state index contributed by atoms with van der Waals surface area (Å²) in [5, 5.41) is 18.0. The van der Waals surface area contributed by atoms with E-state index in [9.17, 15) is 14.9 Å². The summed E-state index contributed by atoms with van der Waals surface area (Å²) < 4.78 is 7.87. The Morgan fingerprint density at radius 1 is 1.31 bits per heavy atom. The van der Waals surface area contributed by atoms with Crippen molar-refractivity contribution in [3.63, 3.8) is 0 Å². The normalized spacial score (nSPS) is 10.8. The molecule has 1 aromatic heterocycles. The lowest BCUT2D eigenvalue weighted by molar-refractivity contribution is -0.394. The molecular weight excluding hydrogens is 444 g/mol. The number of hydrogen-bond donors (Lipinski definition) is 1. The van der Waals surface area contributed by atoms with Crippen molar-refractivity contribution in [1.29, 1.82) is 0 Å². The molecule has 3 rings (SSSR count). The van der Waals surface area contributed by atoms with Gasteiger partial charge in [0, 0.05) is 15.1 Å². The van der Waals surface area contributed by atoms with E-state index in [2.05, 4.69) is 36.5 Å². The van der Waals surface area contributed by atoms with E-state index in [1.165, 1.54) is 6.21 Å². The Hall–Kier alpha value is -3.60. The van der Waals surface area contributed by atoms with Gasteiger partial charge in [0.2, 0.25) is 6.33 Å². The van der Waals surface area contributed by atoms with Crippen LogP contribution in [0.25, 0.3) is 0 Å². The monoisotopic (exact) mass is 458 g/mol. The number of benzene rings is 2. The van der Waals surface area contributed by atoms with E-state index in [1.807, 2.05) is 36.4 Å². The van der Waals surface area contributed by atoms with Crippen molar-refractivity contribution in [1.82, 2.24) is 20.2 Å². The van der Waals surface area contributed by atoms with Crippen molar-refractivity contribution in [2.45, 2.75) is 13.2 Å². The number of hydrogen-bond acceptors (Lipinski definition) is 7. The minimum Gasteiger partial charge on any atom is -0.488 e. The maximum absolute atomic E-state index is 11.9. The number of carbonyl (C=O) groups excluding carboxylic acids is 1. The van der Waals surface area contributed by atoms with Gasteiger partial charge in [0.05, 0.1) is 6.21 Å². The van der Waals surface area contributed by atoms with Gasteiger partial charge in [-0.3, -0.25) is 4.79 Å². The van der Waals surface area contributed by atoms with Gasteiger partial charge < -0.3 is 14.9 Å². The number of para-hydroxylation sites is 1. The molecule has 0 saturated carbocycles.